The average Bonchev–Trinajstić information content (AvgIpc) is 2.67. The maximum absolute atomic E-state index is 6.35. The van der Waals surface area contributed by atoms with Gasteiger partial charge in [-0.1, -0.05) is 54.1 Å². The highest BCUT2D eigenvalue weighted by molar-refractivity contribution is 5.87. The van der Waals surface area contributed by atoms with Crippen LogP contribution in [0.3, 0.4) is 0 Å². The Hall–Kier alpha value is -3.14. The first-order valence-corrected chi connectivity index (χ1v) is 8.70. The van der Waals surface area contributed by atoms with Crippen LogP contribution in [0.25, 0.3) is 11.3 Å². The minimum Gasteiger partial charge on any atom is -0.398 e. The van der Waals surface area contributed by atoms with Crippen LogP contribution in [0.15, 0.2) is 60.8 Å². The number of nitrogens with one attached hydrogen (secondary N) is 1. The average molecular weight is 344 g/mol. The summed E-state index contributed by atoms with van der Waals surface area (Å²) in [6, 6.07) is 18.4. The Labute approximate surface area is 154 Å². The highest BCUT2D eigenvalue weighted by atomic mass is 15.1. The monoisotopic (exact) mass is 344 g/mol. The van der Waals surface area contributed by atoms with Gasteiger partial charge in [0, 0.05) is 18.4 Å². The lowest BCUT2D eigenvalue weighted by Crippen LogP contribution is -2.07. The Bertz CT molecular complexity index is 927. The Balaban J connectivity index is 1.81. The van der Waals surface area contributed by atoms with Crippen molar-refractivity contribution in [3.63, 3.8) is 0 Å². The van der Waals surface area contributed by atoms with Crippen molar-refractivity contribution in [1.82, 2.24) is 9.97 Å². The maximum Gasteiger partial charge on any atom is 0.223 e. The Morgan fingerprint density at radius 3 is 2.46 bits per heavy atom. The van der Waals surface area contributed by atoms with E-state index >= 15 is 0 Å². The fourth-order valence-corrected chi connectivity index (χ4v) is 2.72. The largest absolute Gasteiger partial charge is 0.398 e. The van der Waals surface area contributed by atoms with Crippen LogP contribution in [-0.4, -0.2) is 9.97 Å². The fraction of sp³-hybridized carbons (Fsp3) is 0.182. The molecule has 1 heterocycles. The molecule has 0 saturated carbocycles. The summed E-state index contributed by atoms with van der Waals surface area (Å²) in [5.41, 5.74) is 13.5. The molecule has 0 atom stereocenters. The van der Waals surface area contributed by atoms with Crippen molar-refractivity contribution in [2.45, 2.75) is 27.3 Å². The number of nitrogens with zero attached hydrogens (tertiary/aromatic N) is 2. The molecule has 0 amide bonds. The van der Waals surface area contributed by atoms with Crippen LogP contribution in [0.4, 0.5) is 5.95 Å². The molecule has 3 rings (SSSR count). The number of aromatic nitrogens is 2. The van der Waals surface area contributed by atoms with Gasteiger partial charge in [0.15, 0.2) is 0 Å². The fourth-order valence-electron chi connectivity index (χ4n) is 2.72. The third-order valence-electron chi connectivity index (χ3n) is 4.50. The van der Waals surface area contributed by atoms with Gasteiger partial charge in [0.1, 0.15) is 0 Å². The van der Waals surface area contributed by atoms with E-state index in [1.807, 2.05) is 37.3 Å². The molecule has 1 aromatic heterocycles. The van der Waals surface area contributed by atoms with E-state index in [1.54, 1.807) is 6.20 Å². The van der Waals surface area contributed by atoms with Crippen molar-refractivity contribution >= 4 is 17.2 Å². The van der Waals surface area contributed by atoms with Gasteiger partial charge in [-0.2, -0.15) is 0 Å². The minimum absolute atomic E-state index is 0.599. The van der Waals surface area contributed by atoms with Gasteiger partial charge < -0.3 is 11.1 Å². The molecule has 3 N–H and O–H groups in total. The minimum atomic E-state index is 0.599. The van der Waals surface area contributed by atoms with Gasteiger partial charge in [-0.15, -0.1) is 0 Å². The van der Waals surface area contributed by atoms with Gasteiger partial charge >= 0.3 is 0 Å². The van der Waals surface area contributed by atoms with E-state index in [0.29, 0.717) is 12.5 Å². The van der Waals surface area contributed by atoms with Gasteiger partial charge in [-0.25, -0.2) is 9.97 Å². The first kappa shape index (κ1) is 17.7. The Kier molecular flexibility index (Phi) is 5.32. The van der Waals surface area contributed by atoms with Crippen molar-refractivity contribution in [3.05, 3.63) is 88.7 Å². The van der Waals surface area contributed by atoms with E-state index in [2.05, 4.69) is 53.4 Å². The first-order valence-electron chi connectivity index (χ1n) is 8.70. The zero-order valence-electron chi connectivity index (χ0n) is 15.5. The summed E-state index contributed by atoms with van der Waals surface area (Å²) < 4.78 is 0. The number of anilines is 1. The maximum atomic E-state index is 6.35. The third kappa shape index (κ3) is 4.09. The number of hydrogen-bond donors (Lipinski definition) is 2. The van der Waals surface area contributed by atoms with E-state index in [4.69, 9.17) is 5.73 Å². The van der Waals surface area contributed by atoms with Crippen LogP contribution in [0, 0.1) is 13.8 Å². The zero-order chi connectivity index (χ0) is 18.5. The van der Waals surface area contributed by atoms with Gasteiger partial charge in [0.05, 0.1) is 5.69 Å². The summed E-state index contributed by atoms with van der Waals surface area (Å²) in [5, 5.41) is 3.30. The normalized spacial score (nSPS) is 11.8. The van der Waals surface area contributed by atoms with Crippen molar-refractivity contribution in [3.8, 4) is 0 Å². The summed E-state index contributed by atoms with van der Waals surface area (Å²) in [4.78, 5) is 8.95. The quantitative estimate of drug-likeness (QED) is 0.712. The molecular formula is C22H24N4. The predicted octanol–water partition coefficient (Wildman–Crippen LogP) is 4.55. The van der Waals surface area contributed by atoms with Gasteiger partial charge in [-0.05, 0) is 49.1 Å². The molecule has 4 nitrogen and oxygen atoms in total. The molecule has 0 radical (unpaired) electrons. The molecule has 0 unspecified atom stereocenters. The van der Waals surface area contributed by atoms with E-state index < -0.39 is 0 Å². The molecule has 2 aromatic carbocycles. The van der Waals surface area contributed by atoms with E-state index in [9.17, 15) is 0 Å². The summed E-state index contributed by atoms with van der Waals surface area (Å²) in [7, 11) is 0. The number of nitrogens with two attached hydrogens (primary N) is 1. The molecule has 0 saturated heterocycles. The smallest absolute Gasteiger partial charge is 0.223 e. The molecule has 0 spiro atoms. The summed E-state index contributed by atoms with van der Waals surface area (Å²) in [6.07, 6.45) is 1.76. The number of aryl methyl sites for hydroxylation is 2. The summed E-state index contributed by atoms with van der Waals surface area (Å²) in [5.74, 6) is 0.599. The second kappa shape index (κ2) is 7.83. The van der Waals surface area contributed by atoms with Crippen molar-refractivity contribution in [2.75, 3.05) is 5.32 Å². The predicted molar refractivity (Wildman–Crippen MR) is 108 cm³/mol. The van der Waals surface area contributed by atoms with Crippen LogP contribution in [-0.2, 0) is 6.54 Å². The number of allylic oxidation sites excluding steroid dienone is 1. The molecule has 4 heteroatoms. The molecule has 26 heavy (non-hydrogen) atoms. The topological polar surface area (TPSA) is 63.8 Å². The lowest BCUT2D eigenvalue weighted by molar-refractivity contribution is 1.03. The van der Waals surface area contributed by atoms with E-state index in [1.165, 1.54) is 16.7 Å². The highest BCUT2D eigenvalue weighted by Gasteiger charge is 2.07. The van der Waals surface area contributed by atoms with E-state index in [-0.39, 0.29) is 0 Å². The lowest BCUT2D eigenvalue weighted by atomic mass is 10.0. The van der Waals surface area contributed by atoms with Crippen LogP contribution >= 0.6 is 0 Å². The summed E-state index contributed by atoms with van der Waals surface area (Å²) >= 11 is 0. The standard InChI is InChI=1S/C22H24N4/c1-15-8-10-18(11-9-15)21(23)17(3)20-12-13-24-22(26-20)25-14-19-7-5-4-6-16(19)2/h4-13H,14,23H2,1-3H3,(H,24,25,26)/b21-17+. The van der Waals surface area contributed by atoms with Gasteiger partial charge in [0.2, 0.25) is 5.95 Å². The third-order valence-corrected chi connectivity index (χ3v) is 4.50. The SMILES string of the molecule is C/C(=C(\N)c1ccc(C)cc1)c1ccnc(NCc2ccccc2C)n1. The van der Waals surface area contributed by atoms with E-state index in [0.717, 1.165) is 22.5 Å². The molecule has 0 fully saturated rings. The van der Waals surface area contributed by atoms with Crippen LogP contribution < -0.4 is 11.1 Å². The molecule has 3 aromatic rings. The van der Waals surface area contributed by atoms with Crippen molar-refractivity contribution in [2.24, 2.45) is 5.73 Å². The number of benzene rings is 2. The number of hydrogen-bond acceptors (Lipinski definition) is 4. The Morgan fingerprint density at radius 1 is 1.00 bits per heavy atom. The zero-order valence-corrected chi connectivity index (χ0v) is 15.5. The molecule has 0 aliphatic heterocycles. The first-order chi connectivity index (χ1) is 12.5. The van der Waals surface area contributed by atoms with Crippen LogP contribution in [0.1, 0.15) is 34.9 Å². The number of rotatable bonds is 5. The Morgan fingerprint density at radius 2 is 1.73 bits per heavy atom. The highest BCUT2D eigenvalue weighted by Crippen LogP contribution is 2.22. The molecule has 0 aliphatic carbocycles. The van der Waals surface area contributed by atoms with Crippen molar-refractivity contribution < 1.29 is 0 Å². The molecular weight excluding hydrogens is 320 g/mol. The lowest BCUT2D eigenvalue weighted by Gasteiger charge is -2.11. The second-order valence-corrected chi connectivity index (χ2v) is 6.45. The van der Waals surface area contributed by atoms with Crippen LogP contribution in [0.5, 0.6) is 0 Å². The summed E-state index contributed by atoms with van der Waals surface area (Å²) in [6.45, 7) is 6.84. The second-order valence-electron chi connectivity index (χ2n) is 6.45. The van der Waals surface area contributed by atoms with Crippen LogP contribution in [0.2, 0.25) is 0 Å². The molecule has 0 bridgehead atoms. The molecule has 132 valence electrons. The van der Waals surface area contributed by atoms with Crippen molar-refractivity contribution in [1.29, 1.82) is 0 Å². The molecule has 0 aliphatic rings. The van der Waals surface area contributed by atoms with Gasteiger partial charge in [0.25, 0.3) is 0 Å². The van der Waals surface area contributed by atoms with Gasteiger partial charge in [-0.3, -0.25) is 0 Å².